The number of anilines is 1. The van der Waals surface area contributed by atoms with Crippen LogP contribution >= 0.6 is 11.8 Å². The average Bonchev–Trinajstić information content (AvgIpc) is 3.15. The number of nitrogens with zero attached hydrogens (tertiary/aromatic N) is 5. The first-order valence-corrected chi connectivity index (χ1v) is 7.79. The lowest BCUT2D eigenvalue weighted by Gasteiger charge is -2.10. The smallest absolute Gasteiger partial charge is 0.200 e. The van der Waals surface area contributed by atoms with Crippen molar-refractivity contribution >= 4 is 17.6 Å². The van der Waals surface area contributed by atoms with Crippen molar-refractivity contribution in [1.82, 2.24) is 24.7 Å². The molecule has 0 spiro atoms. The molecule has 0 saturated heterocycles. The molecule has 1 atom stereocenters. The molecule has 3 heterocycles. The van der Waals surface area contributed by atoms with Gasteiger partial charge in [-0.15, -0.1) is 10.2 Å². The topological polar surface area (TPSA) is 95.7 Å². The van der Waals surface area contributed by atoms with Crippen LogP contribution in [0, 0.1) is 0 Å². The van der Waals surface area contributed by atoms with Gasteiger partial charge in [-0.2, -0.15) is 0 Å². The van der Waals surface area contributed by atoms with Crippen molar-refractivity contribution < 1.29 is 4.42 Å². The lowest BCUT2D eigenvalue weighted by atomic mass is 10.4. The van der Waals surface area contributed by atoms with Crippen LogP contribution in [0.25, 0.3) is 11.6 Å². The van der Waals surface area contributed by atoms with Gasteiger partial charge in [0.15, 0.2) is 16.7 Å². The van der Waals surface area contributed by atoms with E-state index in [1.165, 1.54) is 0 Å². The number of thioether (sulfide) groups is 1. The maximum absolute atomic E-state index is 5.71. The van der Waals surface area contributed by atoms with E-state index < -0.39 is 0 Å². The fourth-order valence-corrected chi connectivity index (χ4v) is 3.01. The first-order valence-electron chi connectivity index (χ1n) is 6.91. The van der Waals surface area contributed by atoms with Gasteiger partial charge in [0.1, 0.15) is 11.6 Å². The van der Waals surface area contributed by atoms with Crippen molar-refractivity contribution in [2.24, 2.45) is 0 Å². The van der Waals surface area contributed by atoms with Crippen molar-refractivity contribution in [1.29, 1.82) is 0 Å². The zero-order valence-corrected chi connectivity index (χ0v) is 13.1. The van der Waals surface area contributed by atoms with Crippen LogP contribution in [0.15, 0.2) is 40.2 Å². The van der Waals surface area contributed by atoms with Gasteiger partial charge in [0, 0.05) is 12.7 Å². The number of hydrogen-bond donors (Lipinski definition) is 1. The van der Waals surface area contributed by atoms with E-state index in [1.54, 1.807) is 30.3 Å². The van der Waals surface area contributed by atoms with Gasteiger partial charge in [-0.3, -0.25) is 4.57 Å². The molecule has 0 fully saturated rings. The molecule has 7 nitrogen and oxygen atoms in total. The number of rotatable bonds is 5. The molecule has 0 unspecified atom stereocenters. The Morgan fingerprint density at radius 2 is 2.23 bits per heavy atom. The molecule has 2 N–H and O–H groups in total. The minimum absolute atomic E-state index is 0.0162. The largest absolute Gasteiger partial charge is 0.461 e. The molecule has 0 amide bonds. The monoisotopic (exact) mass is 316 g/mol. The van der Waals surface area contributed by atoms with Crippen LogP contribution in [0.5, 0.6) is 0 Å². The maximum Gasteiger partial charge on any atom is 0.200 e. The van der Waals surface area contributed by atoms with Crippen LogP contribution in [0.4, 0.5) is 5.82 Å². The van der Waals surface area contributed by atoms with Crippen LogP contribution < -0.4 is 5.73 Å². The summed E-state index contributed by atoms with van der Waals surface area (Å²) in [4.78, 5) is 8.51. The van der Waals surface area contributed by atoms with E-state index in [0.29, 0.717) is 17.4 Å². The Hall–Kier alpha value is -2.35. The van der Waals surface area contributed by atoms with Crippen LogP contribution in [-0.4, -0.2) is 24.7 Å². The quantitative estimate of drug-likeness (QED) is 0.723. The molecule has 3 aromatic heterocycles. The number of aromatic nitrogens is 5. The summed E-state index contributed by atoms with van der Waals surface area (Å²) in [7, 11) is 0. The van der Waals surface area contributed by atoms with Gasteiger partial charge in [0.05, 0.1) is 11.5 Å². The molecule has 114 valence electrons. The molecule has 3 aromatic rings. The summed E-state index contributed by atoms with van der Waals surface area (Å²) in [5, 5.41) is 9.30. The highest BCUT2D eigenvalue weighted by Crippen LogP contribution is 2.33. The molecule has 8 heteroatoms. The highest BCUT2D eigenvalue weighted by atomic mass is 32.2. The van der Waals surface area contributed by atoms with Crippen molar-refractivity contribution in [2.45, 2.75) is 30.8 Å². The van der Waals surface area contributed by atoms with Crippen molar-refractivity contribution in [3.63, 3.8) is 0 Å². The second-order valence-corrected chi connectivity index (χ2v) is 5.94. The molecule has 0 aliphatic heterocycles. The Labute approximate surface area is 132 Å². The number of furan rings is 1. The standard InChI is InChI=1S/C14H16N6OS/c1-3-20-13(10-5-4-8-21-10)18-19-14(20)22-9(2)12-16-7-6-11(15)17-12/h4-9H,3H2,1-2H3,(H2,15,16,17)/t9-/m1/s1. The summed E-state index contributed by atoms with van der Waals surface area (Å²) in [5.41, 5.74) is 5.71. The molecule has 0 saturated carbocycles. The molecular weight excluding hydrogens is 300 g/mol. The van der Waals surface area contributed by atoms with Gasteiger partial charge in [-0.25, -0.2) is 9.97 Å². The van der Waals surface area contributed by atoms with Crippen LogP contribution in [-0.2, 0) is 6.54 Å². The molecular formula is C14H16N6OS. The number of nitrogens with two attached hydrogens (primary N) is 1. The van der Waals surface area contributed by atoms with E-state index in [-0.39, 0.29) is 5.25 Å². The molecule has 3 rings (SSSR count). The van der Waals surface area contributed by atoms with Gasteiger partial charge < -0.3 is 10.2 Å². The van der Waals surface area contributed by atoms with E-state index in [1.807, 2.05) is 30.5 Å². The minimum atomic E-state index is 0.0162. The molecule has 0 radical (unpaired) electrons. The summed E-state index contributed by atoms with van der Waals surface area (Å²) < 4.78 is 7.41. The zero-order valence-electron chi connectivity index (χ0n) is 12.3. The third-order valence-corrected chi connectivity index (χ3v) is 4.19. The third-order valence-electron chi connectivity index (χ3n) is 3.12. The lowest BCUT2D eigenvalue weighted by Crippen LogP contribution is -2.03. The number of nitrogen functional groups attached to an aromatic ring is 1. The van der Waals surface area contributed by atoms with Gasteiger partial charge in [0.25, 0.3) is 0 Å². The Bertz CT molecular complexity index is 755. The van der Waals surface area contributed by atoms with Crippen LogP contribution in [0.3, 0.4) is 0 Å². The molecule has 22 heavy (non-hydrogen) atoms. The lowest BCUT2D eigenvalue weighted by molar-refractivity contribution is 0.567. The maximum atomic E-state index is 5.71. The summed E-state index contributed by atoms with van der Waals surface area (Å²) in [6.45, 7) is 4.80. The van der Waals surface area contributed by atoms with Crippen molar-refractivity contribution in [2.75, 3.05) is 5.73 Å². The van der Waals surface area contributed by atoms with Crippen LogP contribution in [0.1, 0.15) is 24.9 Å². The summed E-state index contributed by atoms with van der Waals surface area (Å²) in [6, 6.07) is 5.37. The normalized spacial score (nSPS) is 12.5. The average molecular weight is 316 g/mol. The third kappa shape index (κ3) is 2.82. The SMILES string of the molecule is CCn1c(S[C@H](C)c2nccc(N)n2)nnc1-c1ccco1. The van der Waals surface area contributed by atoms with Crippen molar-refractivity contribution in [3.05, 3.63) is 36.5 Å². The first kappa shape index (κ1) is 14.6. The molecule has 0 aliphatic rings. The summed E-state index contributed by atoms with van der Waals surface area (Å²) in [5.74, 6) is 2.56. The fraction of sp³-hybridized carbons (Fsp3) is 0.286. The van der Waals surface area contributed by atoms with Crippen molar-refractivity contribution in [3.8, 4) is 11.6 Å². The highest BCUT2D eigenvalue weighted by Gasteiger charge is 2.19. The molecule has 0 aliphatic carbocycles. The van der Waals surface area contributed by atoms with E-state index in [4.69, 9.17) is 10.2 Å². The van der Waals surface area contributed by atoms with Gasteiger partial charge in [-0.1, -0.05) is 11.8 Å². The predicted molar refractivity (Wildman–Crippen MR) is 84.1 cm³/mol. The van der Waals surface area contributed by atoms with E-state index in [2.05, 4.69) is 20.2 Å². The van der Waals surface area contributed by atoms with Gasteiger partial charge in [0.2, 0.25) is 0 Å². The first-order chi connectivity index (χ1) is 10.7. The Morgan fingerprint density at radius 1 is 1.36 bits per heavy atom. The second kappa shape index (κ2) is 6.18. The Balaban J connectivity index is 1.86. The van der Waals surface area contributed by atoms with Crippen LogP contribution in [0.2, 0.25) is 0 Å². The van der Waals surface area contributed by atoms with E-state index in [0.717, 1.165) is 17.5 Å². The Kier molecular flexibility index (Phi) is 4.10. The Morgan fingerprint density at radius 3 is 2.91 bits per heavy atom. The van der Waals surface area contributed by atoms with Gasteiger partial charge >= 0.3 is 0 Å². The summed E-state index contributed by atoms with van der Waals surface area (Å²) >= 11 is 1.54. The predicted octanol–water partition coefficient (Wildman–Crippen LogP) is 2.78. The van der Waals surface area contributed by atoms with E-state index in [9.17, 15) is 0 Å². The zero-order chi connectivity index (χ0) is 15.5. The molecule has 0 bridgehead atoms. The summed E-state index contributed by atoms with van der Waals surface area (Å²) in [6.07, 6.45) is 3.29. The highest BCUT2D eigenvalue weighted by molar-refractivity contribution is 7.99. The number of hydrogen-bond acceptors (Lipinski definition) is 7. The minimum Gasteiger partial charge on any atom is -0.461 e. The molecule has 0 aromatic carbocycles. The van der Waals surface area contributed by atoms with E-state index >= 15 is 0 Å². The van der Waals surface area contributed by atoms with Gasteiger partial charge in [-0.05, 0) is 32.0 Å². The fourth-order valence-electron chi connectivity index (χ4n) is 2.04. The second-order valence-electron chi connectivity index (χ2n) is 4.63.